The molecule has 9 heteroatoms. The third-order valence-corrected chi connectivity index (χ3v) is 3.70. The number of nitrogens with two attached hydrogens (primary N) is 1. The third-order valence-electron chi connectivity index (χ3n) is 3.70. The summed E-state index contributed by atoms with van der Waals surface area (Å²) in [4.78, 5) is 12.0. The highest BCUT2D eigenvalue weighted by Crippen LogP contribution is 2.22. The van der Waals surface area contributed by atoms with E-state index in [0.717, 1.165) is 12.8 Å². The molecule has 24 heavy (non-hydrogen) atoms. The quantitative estimate of drug-likeness (QED) is 0.837. The minimum Gasteiger partial charge on any atom is -0.406 e. The average molecular weight is 369 g/mol. The Labute approximate surface area is 144 Å². The molecule has 136 valence electrons. The Balaban J connectivity index is 0.00000288. The first-order chi connectivity index (χ1) is 10.8. The number of rotatable bonds is 5. The summed E-state index contributed by atoms with van der Waals surface area (Å²) in [6, 6.07) is 4.72. The van der Waals surface area contributed by atoms with Crippen molar-refractivity contribution in [1.29, 1.82) is 0 Å². The van der Waals surface area contributed by atoms with Crippen LogP contribution in [0.15, 0.2) is 24.3 Å². The Morgan fingerprint density at radius 3 is 2.42 bits per heavy atom. The lowest BCUT2D eigenvalue weighted by Gasteiger charge is -2.26. The molecule has 1 amide bonds. The summed E-state index contributed by atoms with van der Waals surface area (Å²) in [5.41, 5.74) is 6.60. The number of alkyl halides is 3. The Hall–Kier alpha value is -1.51. The van der Waals surface area contributed by atoms with Gasteiger partial charge in [0.15, 0.2) is 0 Å². The number of carbonyl (C=O) groups is 1. The maximum atomic E-state index is 12.1. The highest BCUT2D eigenvalue weighted by atomic mass is 35.5. The Bertz CT molecular complexity index is 520. The lowest BCUT2D eigenvalue weighted by atomic mass is 9.92. The van der Waals surface area contributed by atoms with Crippen molar-refractivity contribution < 1.29 is 27.4 Å². The van der Waals surface area contributed by atoms with Crippen LogP contribution >= 0.6 is 12.4 Å². The zero-order chi connectivity index (χ0) is 16.9. The summed E-state index contributed by atoms with van der Waals surface area (Å²) in [6.45, 7) is 1.40. The number of ether oxygens (including phenoxy) is 2. The van der Waals surface area contributed by atoms with Gasteiger partial charge in [-0.2, -0.15) is 0 Å². The van der Waals surface area contributed by atoms with Crippen molar-refractivity contribution in [3.63, 3.8) is 0 Å². The zero-order valence-electron chi connectivity index (χ0n) is 12.8. The fourth-order valence-electron chi connectivity index (χ4n) is 2.41. The zero-order valence-corrected chi connectivity index (χ0v) is 13.7. The molecule has 1 atom stereocenters. The predicted molar refractivity (Wildman–Crippen MR) is 83.7 cm³/mol. The summed E-state index contributed by atoms with van der Waals surface area (Å²) in [7, 11) is 0. The van der Waals surface area contributed by atoms with Gasteiger partial charge in [0, 0.05) is 19.8 Å². The van der Waals surface area contributed by atoms with Gasteiger partial charge in [-0.25, -0.2) is 0 Å². The second-order valence-corrected chi connectivity index (χ2v) is 5.39. The van der Waals surface area contributed by atoms with Gasteiger partial charge in [0.2, 0.25) is 5.91 Å². The summed E-state index contributed by atoms with van der Waals surface area (Å²) in [5.74, 6) is -0.481. The van der Waals surface area contributed by atoms with E-state index in [-0.39, 0.29) is 36.5 Å². The van der Waals surface area contributed by atoms with E-state index in [9.17, 15) is 18.0 Å². The minimum atomic E-state index is -4.72. The van der Waals surface area contributed by atoms with Crippen molar-refractivity contribution in [1.82, 2.24) is 5.32 Å². The first kappa shape index (κ1) is 20.5. The number of benzene rings is 1. The topological polar surface area (TPSA) is 73.6 Å². The van der Waals surface area contributed by atoms with Gasteiger partial charge in [0.1, 0.15) is 5.75 Å². The lowest BCUT2D eigenvalue weighted by Crippen LogP contribution is -2.46. The normalized spacial score (nSPS) is 16.8. The molecule has 1 aliphatic heterocycles. The number of halogens is 4. The van der Waals surface area contributed by atoms with Crippen LogP contribution in [0.1, 0.15) is 18.4 Å². The van der Waals surface area contributed by atoms with Crippen molar-refractivity contribution in [2.45, 2.75) is 31.8 Å². The summed E-state index contributed by atoms with van der Waals surface area (Å²) in [5, 5.41) is 2.70. The molecule has 1 heterocycles. The fraction of sp³-hybridized carbons (Fsp3) is 0.533. The van der Waals surface area contributed by atoms with E-state index >= 15 is 0 Å². The maximum absolute atomic E-state index is 12.1. The molecular weight excluding hydrogens is 349 g/mol. The molecule has 5 nitrogen and oxygen atoms in total. The molecule has 1 saturated heterocycles. The van der Waals surface area contributed by atoms with Crippen molar-refractivity contribution in [3.05, 3.63) is 29.8 Å². The summed E-state index contributed by atoms with van der Waals surface area (Å²) >= 11 is 0. The van der Waals surface area contributed by atoms with Gasteiger partial charge in [-0.1, -0.05) is 12.1 Å². The molecule has 0 bridgehead atoms. The van der Waals surface area contributed by atoms with Crippen LogP contribution in [-0.2, 0) is 16.1 Å². The molecule has 1 aliphatic rings. The van der Waals surface area contributed by atoms with E-state index in [1.54, 1.807) is 0 Å². The van der Waals surface area contributed by atoms with Crippen LogP contribution in [0.3, 0.4) is 0 Å². The highest BCUT2D eigenvalue weighted by Gasteiger charge is 2.31. The summed E-state index contributed by atoms with van der Waals surface area (Å²) < 4.78 is 45.2. The van der Waals surface area contributed by atoms with Gasteiger partial charge >= 0.3 is 6.36 Å². The molecule has 0 spiro atoms. The second kappa shape index (κ2) is 9.10. The number of amides is 1. The summed E-state index contributed by atoms with van der Waals surface area (Å²) in [6.07, 6.45) is -3.22. The van der Waals surface area contributed by atoms with Gasteiger partial charge in [0.05, 0.1) is 6.04 Å². The monoisotopic (exact) mass is 368 g/mol. The number of carbonyl (C=O) groups excluding carboxylic acids is 1. The smallest absolute Gasteiger partial charge is 0.406 e. The fourth-order valence-corrected chi connectivity index (χ4v) is 2.41. The molecule has 2 rings (SSSR count). The first-order valence-corrected chi connectivity index (χ1v) is 7.31. The molecule has 0 aromatic heterocycles. The Morgan fingerprint density at radius 1 is 1.29 bits per heavy atom. The van der Waals surface area contributed by atoms with E-state index in [0.29, 0.717) is 18.8 Å². The van der Waals surface area contributed by atoms with Crippen LogP contribution in [0.4, 0.5) is 13.2 Å². The van der Waals surface area contributed by atoms with Crippen LogP contribution in [0.2, 0.25) is 0 Å². The van der Waals surface area contributed by atoms with Crippen LogP contribution in [-0.4, -0.2) is 31.5 Å². The van der Waals surface area contributed by atoms with Gasteiger partial charge in [0.25, 0.3) is 0 Å². The molecule has 3 N–H and O–H groups in total. The average Bonchev–Trinajstić information content (AvgIpc) is 2.52. The maximum Gasteiger partial charge on any atom is 0.573 e. The third kappa shape index (κ3) is 6.54. The van der Waals surface area contributed by atoms with Crippen LogP contribution < -0.4 is 15.8 Å². The molecule has 1 fully saturated rings. The number of nitrogens with one attached hydrogen (secondary N) is 1. The molecule has 1 aromatic rings. The largest absolute Gasteiger partial charge is 0.573 e. The van der Waals surface area contributed by atoms with E-state index in [4.69, 9.17) is 10.5 Å². The molecule has 0 saturated carbocycles. The van der Waals surface area contributed by atoms with Crippen molar-refractivity contribution >= 4 is 18.3 Å². The first-order valence-electron chi connectivity index (χ1n) is 7.31. The van der Waals surface area contributed by atoms with Crippen LogP contribution in [0.25, 0.3) is 0 Å². The molecule has 0 aliphatic carbocycles. The molecule has 1 aromatic carbocycles. The second-order valence-electron chi connectivity index (χ2n) is 5.39. The van der Waals surface area contributed by atoms with Crippen LogP contribution in [0.5, 0.6) is 5.75 Å². The van der Waals surface area contributed by atoms with E-state index in [2.05, 4.69) is 10.1 Å². The van der Waals surface area contributed by atoms with E-state index < -0.39 is 12.4 Å². The van der Waals surface area contributed by atoms with Crippen molar-refractivity contribution in [3.8, 4) is 5.75 Å². The van der Waals surface area contributed by atoms with E-state index in [1.165, 1.54) is 24.3 Å². The van der Waals surface area contributed by atoms with Gasteiger partial charge in [-0.15, -0.1) is 25.6 Å². The predicted octanol–water partition coefficient (Wildman–Crippen LogP) is 2.38. The Kier molecular flexibility index (Phi) is 7.78. The number of hydrogen-bond acceptors (Lipinski definition) is 4. The lowest BCUT2D eigenvalue weighted by molar-refractivity contribution is -0.274. The van der Waals surface area contributed by atoms with Crippen LogP contribution in [0, 0.1) is 5.92 Å². The molecule has 1 unspecified atom stereocenters. The molecular formula is C15H20ClF3N2O3. The SMILES string of the molecule is Cl.NC(C(=O)NCc1ccc(OC(F)(F)F)cc1)C1CCOCC1. The number of hydrogen-bond donors (Lipinski definition) is 2. The van der Waals surface area contributed by atoms with Crippen molar-refractivity contribution in [2.75, 3.05) is 13.2 Å². The highest BCUT2D eigenvalue weighted by molar-refractivity contribution is 5.85. The van der Waals surface area contributed by atoms with Crippen molar-refractivity contribution in [2.24, 2.45) is 11.7 Å². The van der Waals surface area contributed by atoms with Gasteiger partial charge in [-0.05, 0) is 36.5 Å². The Morgan fingerprint density at radius 2 is 1.88 bits per heavy atom. The van der Waals surface area contributed by atoms with Gasteiger partial charge < -0.3 is 20.5 Å². The standard InChI is InChI=1S/C15H19F3N2O3.ClH/c16-15(17,18)23-12-3-1-10(2-4-12)9-20-14(21)13(19)11-5-7-22-8-6-11;/h1-4,11,13H,5-9,19H2,(H,20,21);1H. The van der Waals surface area contributed by atoms with Gasteiger partial charge in [-0.3, -0.25) is 4.79 Å². The minimum absolute atomic E-state index is 0. The van der Waals surface area contributed by atoms with E-state index in [1.807, 2.05) is 0 Å². The molecule has 0 radical (unpaired) electrons.